The second-order valence-electron chi connectivity index (χ2n) is 6.69. The lowest BCUT2D eigenvalue weighted by Gasteiger charge is -2.40. The molecule has 0 spiro atoms. The largest absolute Gasteiger partial charge is 0.373 e. The van der Waals surface area contributed by atoms with E-state index in [0.717, 1.165) is 37.9 Å². The Balaban J connectivity index is 1.75. The minimum Gasteiger partial charge on any atom is -0.373 e. The number of morpholine rings is 1. The molecule has 3 nitrogen and oxygen atoms in total. The van der Waals surface area contributed by atoms with Crippen molar-refractivity contribution in [1.29, 1.82) is 0 Å². The summed E-state index contributed by atoms with van der Waals surface area (Å²) in [6.45, 7) is 6.10. The Hall–Kier alpha value is -0.900. The molecule has 22 heavy (non-hydrogen) atoms. The molecule has 4 atom stereocenters. The highest BCUT2D eigenvalue weighted by molar-refractivity contribution is 6.30. The van der Waals surface area contributed by atoms with Gasteiger partial charge in [0, 0.05) is 35.6 Å². The SMILES string of the molecule is CC1CN(C2CCCC2C(=O)c2ccc(Cl)cc2)CC(C)O1. The molecule has 0 radical (unpaired) electrons. The van der Waals surface area contributed by atoms with E-state index in [4.69, 9.17) is 16.3 Å². The van der Waals surface area contributed by atoms with Crippen LogP contribution in [0.5, 0.6) is 0 Å². The molecule has 1 saturated heterocycles. The van der Waals surface area contributed by atoms with Gasteiger partial charge >= 0.3 is 0 Å². The summed E-state index contributed by atoms with van der Waals surface area (Å²) in [6.07, 6.45) is 3.73. The number of hydrogen-bond acceptors (Lipinski definition) is 3. The molecule has 2 aliphatic rings. The lowest BCUT2D eigenvalue weighted by Crippen LogP contribution is -2.52. The monoisotopic (exact) mass is 321 g/mol. The van der Waals surface area contributed by atoms with E-state index in [1.54, 1.807) is 12.1 Å². The van der Waals surface area contributed by atoms with Crippen molar-refractivity contribution in [2.45, 2.75) is 51.4 Å². The molecular formula is C18H24ClNO2. The van der Waals surface area contributed by atoms with Crippen molar-refractivity contribution >= 4 is 17.4 Å². The molecule has 0 bridgehead atoms. The number of rotatable bonds is 3. The van der Waals surface area contributed by atoms with Crippen molar-refractivity contribution in [2.24, 2.45) is 5.92 Å². The normalized spacial score (nSPS) is 33.0. The van der Waals surface area contributed by atoms with Crippen molar-refractivity contribution < 1.29 is 9.53 Å². The summed E-state index contributed by atoms with van der Waals surface area (Å²) in [5, 5.41) is 0.676. The summed E-state index contributed by atoms with van der Waals surface area (Å²) in [4.78, 5) is 15.3. The third kappa shape index (κ3) is 3.37. The van der Waals surface area contributed by atoms with E-state index in [9.17, 15) is 4.79 Å². The Bertz CT molecular complexity index is 520. The predicted molar refractivity (Wildman–Crippen MR) is 88.5 cm³/mol. The van der Waals surface area contributed by atoms with Gasteiger partial charge in [0.05, 0.1) is 12.2 Å². The van der Waals surface area contributed by atoms with Crippen LogP contribution >= 0.6 is 11.6 Å². The van der Waals surface area contributed by atoms with Gasteiger partial charge < -0.3 is 4.74 Å². The fourth-order valence-electron chi connectivity index (χ4n) is 4.00. The van der Waals surface area contributed by atoms with Crippen molar-refractivity contribution in [1.82, 2.24) is 4.90 Å². The average Bonchev–Trinajstić information content (AvgIpc) is 2.95. The third-order valence-electron chi connectivity index (χ3n) is 4.86. The summed E-state index contributed by atoms with van der Waals surface area (Å²) in [6, 6.07) is 7.67. The van der Waals surface area contributed by atoms with Gasteiger partial charge in [-0.2, -0.15) is 0 Å². The topological polar surface area (TPSA) is 29.5 Å². The molecule has 1 aliphatic heterocycles. The van der Waals surface area contributed by atoms with Gasteiger partial charge in [-0.3, -0.25) is 9.69 Å². The number of carbonyl (C=O) groups excluding carboxylic acids is 1. The number of benzene rings is 1. The van der Waals surface area contributed by atoms with Gasteiger partial charge in [-0.25, -0.2) is 0 Å². The molecule has 0 amide bonds. The molecule has 1 saturated carbocycles. The standard InChI is InChI=1S/C18H24ClNO2/c1-12-10-20(11-13(2)22-12)17-5-3-4-16(17)18(21)14-6-8-15(19)9-7-14/h6-9,12-13,16-17H,3-5,10-11H2,1-2H3. The van der Waals surface area contributed by atoms with Crippen LogP contribution in [0, 0.1) is 5.92 Å². The first-order chi connectivity index (χ1) is 10.5. The summed E-state index contributed by atoms with van der Waals surface area (Å²) >= 11 is 5.93. The van der Waals surface area contributed by atoms with E-state index in [0.29, 0.717) is 11.1 Å². The van der Waals surface area contributed by atoms with Crippen molar-refractivity contribution in [2.75, 3.05) is 13.1 Å². The quantitative estimate of drug-likeness (QED) is 0.793. The lowest BCUT2D eigenvalue weighted by atomic mass is 9.91. The molecule has 0 aromatic heterocycles. The van der Waals surface area contributed by atoms with Crippen LogP contribution < -0.4 is 0 Å². The van der Waals surface area contributed by atoms with Gasteiger partial charge in [-0.1, -0.05) is 18.0 Å². The van der Waals surface area contributed by atoms with Gasteiger partial charge in [0.2, 0.25) is 0 Å². The number of hydrogen-bond donors (Lipinski definition) is 0. The Morgan fingerprint density at radius 3 is 2.41 bits per heavy atom. The Labute approximate surface area is 137 Å². The number of nitrogens with zero attached hydrogens (tertiary/aromatic N) is 1. The molecule has 4 unspecified atom stereocenters. The second-order valence-corrected chi connectivity index (χ2v) is 7.12. The number of halogens is 1. The van der Waals surface area contributed by atoms with Crippen LogP contribution in [-0.2, 0) is 4.74 Å². The third-order valence-corrected chi connectivity index (χ3v) is 5.11. The first kappa shape index (κ1) is 16.0. The summed E-state index contributed by atoms with van der Waals surface area (Å²) in [5.74, 6) is 0.379. The van der Waals surface area contributed by atoms with E-state index < -0.39 is 0 Å². The van der Waals surface area contributed by atoms with Crippen LogP contribution in [0.2, 0.25) is 5.02 Å². The van der Waals surface area contributed by atoms with Crippen molar-refractivity contribution in [3.63, 3.8) is 0 Å². The van der Waals surface area contributed by atoms with Gasteiger partial charge in [-0.15, -0.1) is 0 Å². The van der Waals surface area contributed by atoms with Crippen LogP contribution in [0.1, 0.15) is 43.5 Å². The van der Waals surface area contributed by atoms with E-state index in [1.807, 2.05) is 12.1 Å². The number of ketones is 1. The summed E-state index contributed by atoms with van der Waals surface area (Å²) in [5.41, 5.74) is 0.788. The van der Waals surface area contributed by atoms with Crippen LogP contribution in [-0.4, -0.2) is 42.0 Å². The zero-order valence-electron chi connectivity index (χ0n) is 13.3. The Morgan fingerprint density at radius 1 is 1.14 bits per heavy atom. The molecule has 120 valence electrons. The minimum atomic E-state index is 0.110. The zero-order chi connectivity index (χ0) is 15.7. The molecule has 1 heterocycles. The summed E-state index contributed by atoms with van der Waals surface area (Å²) in [7, 11) is 0. The van der Waals surface area contributed by atoms with Crippen molar-refractivity contribution in [3.8, 4) is 0 Å². The molecule has 1 aliphatic carbocycles. The fourth-order valence-corrected chi connectivity index (χ4v) is 4.13. The maximum atomic E-state index is 12.9. The highest BCUT2D eigenvalue weighted by Crippen LogP contribution is 2.34. The molecule has 1 aromatic rings. The number of carbonyl (C=O) groups is 1. The average molecular weight is 322 g/mol. The number of ether oxygens (including phenoxy) is 1. The molecule has 4 heteroatoms. The first-order valence-corrected chi connectivity index (χ1v) is 8.61. The maximum absolute atomic E-state index is 12.9. The van der Waals surface area contributed by atoms with E-state index >= 15 is 0 Å². The van der Waals surface area contributed by atoms with Crippen molar-refractivity contribution in [3.05, 3.63) is 34.9 Å². The second kappa shape index (κ2) is 6.69. The van der Waals surface area contributed by atoms with Gasteiger partial charge in [0.25, 0.3) is 0 Å². The smallest absolute Gasteiger partial charge is 0.167 e. The van der Waals surface area contributed by atoms with Crippen LogP contribution in [0.15, 0.2) is 24.3 Å². The predicted octanol–water partition coefficient (Wildman–Crippen LogP) is 3.80. The minimum absolute atomic E-state index is 0.110. The fraction of sp³-hybridized carbons (Fsp3) is 0.611. The molecule has 2 fully saturated rings. The molecule has 0 N–H and O–H groups in total. The Kier molecular flexibility index (Phi) is 4.86. The maximum Gasteiger partial charge on any atom is 0.167 e. The zero-order valence-corrected chi connectivity index (χ0v) is 14.1. The van der Waals surface area contributed by atoms with Gasteiger partial charge in [0.15, 0.2) is 5.78 Å². The van der Waals surface area contributed by atoms with E-state index in [2.05, 4.69) is 18.7 Å². The van der Waals surface area contributed by atoms with E-state index in [1.165, 1.54) is 0 Å². The lowest BCUT2D eigenvalue weighted by molar-refractivity contribution is -0.0829. The highest BCUT2D eigenvalue weighted by atomic mass is 35.5. The molecular weight excluding hydrogens is 298 g/mol. The van der Waals surface area contributed by atoms with Gasteiger partial charge in [-0.05, 0) is 51.0 Å². The Morgan fingerprint density at radius 2 is 1.77 bits per heavy atom. The van der Waals surface area contributed by atoms with Crippen LogP contribution in [0.25, 0.3) is 0 Å². The first-order valence-electron chi connectivity index (χ1n) is 8.24. The van der Waals surface area contributed by atoms with E-state index in [-0.39, 0.29) is 23.9 Å². The van der Waals surface area contributed by atoms with Crippen LogP contribution in [0.4, 0.5) is 0 Å². The molecule has 3 rings (SSSR count). The van der Waals surface area contributed by atoms with Gasteiger partial charge in [0.1, 0.15) is 0 Å². The highest BCUT2D eigenvalue weighted by Gasteiger charge is 2.39. The van der Waals surface area contributed by atoms with Crippen LogP contribution in [0.3, 0.4) is 0 Å². The molecule has 1 aromatic carbocycles. The summed E-state index contributed by atoms with van der Waals surface area (Å²) < 4.78 is 5.83. The number of Topliss-reactive ketones (excluding diaryl/α,β-unsaturated/α-hetero) is 1.